The van der Waals surface area contributed by atoms with Crippen molar-refractivity contribution >= 4 is 29.1 Å². The summed E-state index contributed by atoms with van der Waals surface area (Å²) in [5.41, 5.74) is 7.71. The van der Waals surface area contributed by atoms with E-state index in [0.717, 1.165) is 5.56 Å². The van der Waals surface area contributed by atoms with Crippen LogP contribution in [0.15, 0.2) is 48.5 Å². The maximum atomic E-state index is 12.3. The summed E-state index contributed by atoms with van der Waals surface area (Å²) in [6.07, 6.45) is 0. The van der Waals surface area contributed by atoms with Crippen molar-refractivity contribution in [2.75, 3.05) is 6.61 Å². The highest BCUT2D eigenvalue weighted by Gasteiger charge is 2.15. The lowest BCUT2D eigenvalue weighted by Gasteiger charge is -2.19. The number of ether oxygens (including phenoxy) is 1. The van der Waals surface area contributed by atoms with Crippen LogP contribution in [0.1, 0.15) is 62.0 Å². The Morgan fingerprint density at radius 2 is 1.57 bits per heavy atom. The Labute approximate surface area is 183 Å². The predicted molar refractivity (Wildman–Crippen MR) is 123 cm³/mol. The molecule has 2 amide bonds. The SMILES string of the molecule is CC(C)c1ccc(OCC(=O)NNC(=S)NC(=O)c2ccc(C(C)(C)C)cc2)cc1. The molecule has 0 atom stereocenters. The number of hydrazine groups is 1. The van der Waals surface area contributed by atoms with Gasteiger partial charge >= 0.3 is 0 Å². The molecule has 7 heteroatoms. The fourth-order valence-electron chi connectivity index (χ4n) is 2.59. The summed E-state index contributed by atoms with van der Waals surface area (Å²) >= 11 is 5.05. The Kier molecular flexibility index (Phi) is 7.94. The number of rotatable bonds is 5. The van der Waals surface area contributed by atoms with Crippen molar-refractivity contribution < 1.29 is 14.3 Å². The second-order valence-corrected chi connectivity index (χ2v) is 8.70. The highest BCUT2D eigenvalue weighted by molar-refractivity contribution is 7.80. The number of hydrogen-bond donors (Lipinski definition) is 3. The van der Waals surface area contributed by atoms with Gasteiger partial charge in [0.05, 0.1) is 0 Å². The van der Waals surface area contributed by atoms with Crippen molar-refractivity contribution in [3.63, 3.8) is 0 Å². The molecule has 6 nitrogen and oxygen atoms in total. The van der Waals surface area contributed by atoms with Crippen molar-refractivity contribution in [1.29, 1.82) is 0 Å². The third-order valence-corrected chi connectivity index (χ3v) is 4.68. The molecule has 30 heavy (non-hydrogen) atoms. The minimum atomic E-state index is -0.422. The summed E-state index contributed by atoms with van der Waals surface area (Å²) in [5, 5.41) is 2.52. The number of carbonyl (C=O) groups is 2. The van der Waals surface area contributed by atoms with Crippen LogP contribution < -0.4 is 20.9 Å². The predicted octanol–water partition coefficient (Wildman–Crippen LogP) is 3.82. The van der Waals surface area contributed by atoms with Crippen LogP contribution in [0.2, 0.25) is 0 Å². The van der Waals surface area contributed by atoms with Gasteiger partial charge in [-0.2, -0.15) is 0 Å². The van der Waals surface area contributed by atoms with Crippen molar-refractivity contribution in [2.45, 2.75) is 46.0 Å². The Bertz CT molecular complexity index is 885. The van der Waals surface area contributed by atoms with Gasteiger partial charge in [0, 0.05) is 5.56 Å². The van der Waals surface area contributed by atoms with Gasteiger partial charge in [-0.15, -0.1) is 0 Å². The molecule has 0 radical (unpaired) electrons. The van der Waals surface area contributed by atoms with Gasteiger partial charge in [-0.1, -0.05) is 58.9 Å². The number of thiocarbonyl (C=S) groups is 1. The van der Waals surface area contributed by atoms with E-state index < -0.39 is 5.91 Å². The van der Waals surface area contributed by atoms with Crippen LogP contribution >= 0.6 is 12.2 Å². The van der Waals surface area contributed by atoms with Gasteiger partial charge in [0.25, 0.3) is 11.8 Å². The largest absolute Gasteiger partial charge is 0.484 e. The molecule has 0 aliphatic rings. The first-order valence-electron chi connectivity index (χ1n) is 9.79. The average Bonchev–Trinajstić information content (AvgIpc) is 2.70. The summed E-state index contributed by atoms with van der Waals surface area (Å²) < 4.78 is 5.44. The molecule has 0 saturated carbocycles. The van der Waals surface area contributed by atoms with E-state index in [9.17, 15) is 9.59 Å². The number of benzene rings is 2. The molecule has 0 fully saturated rings. The monoisotopic (exact) mass is 427 g/mol. The molecule has 0 aliphatic heterocycles. The van der Waals surface area contributed by atoms with Crippen molar-refractivity contribution in [1.82, 2.24) is 16.2 Å². The molecule has 0 bridgehead atoms. The lowest BCUT2D eigenvalue weighted by Crippen LogP contribution is -2.49. The van der Waals surface area contributed by atoms with Crippen LogP contribution in [0.25, 0.3) is 0 Å². The van der Waals surface area contributed by atoms with Gasteiger partial charge in [-0.05, 0) is 58.9 Å². The average molecular weight is 428 g/mol. The first-order valence-corrected chi connectivity index (χ1v) is 10.2. The normalized spacial score (nSPS) is 11.0. The summed E-state index contributed by atoms with van der Waals surface area (Å²) in [4.78, 5) is 24.2. The third-order valence-electron chi connectivity index (χ3n) is 4.47. The fourth-order valence-corrected chi connectivity index (χ4v) is 2.73. The Balaban J connectivity index is 1.75. The van der Waals surface area contributed by atoms with E-state index in [1.165, 1.54) is 5.56 Å². The fraction of sp³-hybridized carbons (Fsp3) is 0.348. The molecular formula is C23H29N3O3S. The molecular weight excluding hydrogens is 398 g/mol. The maximum absolute atomic E-state index is 12.3. The highest BCUT2D eigenvalue weighted by Crippen LogP contribution is 2.22. The third kappa shape index (κ3) is 7.15. The van der Waals surface area contributed by atoms with Crippen LogP contribution in [0.5, 0.6) is 5.75 Å². The molecule has 0 heterocycles. The number of amides is 2. The second kappa shape index (κ2) is 10.2. The Hall–Kier alpha value is -2.93. The van der Waals surface area contributed by atoms with E-state index in [1.807, 2.05) is 36.4 Å². The summed E-state index contributed by atoms with van der Waals surface area (Å²) in [6.45, 7) is 10.4. The van der Waals surface area contributed by atoms with Crippen LogP contribution in [0.3, 0.4) is 0 Å². The smallest absolute Gasteiger partial charge is 0.276 e. The maximum Gasteiger partial charge on any atom is 0.276 e. The number of hydrogen-bond acceptors (Lipinski definition) is 4. The van der Waals surface area contributed by atoms with Gasteiger partial charge in [-0.25, -0.2) is 0 Å². The number of nitrogens with one attached hydrogen (secondary N) is 3. The van der Waals surface area contributed by atoms with E-state index >= 15 is 0 Å². The molecule has 0 unspecified atom stereocenters. The summed E-state index contributed by atoms with van der Waals surface area (Å²) in [6, 6.07) is 14.9. The molecule has 0 spiro atoms. The molecule has 0 saturated heterocycles. The Morgan fingerprint density at radius 3 is 2.10 bits per heavy atom. The van der Waals surface area contributed by atoms with E-state index in [1.54, 1.807) is 12.1 Å². The summed E-state index contributed by atoms with van der Waals surface area (Å²) in [5.74, 6) is 0.251. The van der Waals surface area contributed by atoms with E-state index in [4.69, 9.17) is 17.0 Å². The molecule has 0 aliphatic carbocycles. The lowest BCUT2D eigenvalue weighted by atomic mass is 9.87. The van der Waals surface area contributed by atoms with Crippen LogP contribution in [0, 0.1) is 0 Å². The van der Waals surface area contributed by atoms with Crippen molar-refractivity contribution in [3.8, 4) is 5.75 Å². The van der Waals surface area contributed by atoms with Crippen molar-refractivity contribution in [2.24, 2.45) is 0 Å². The summed E-state index contributed by atoms with van der Waals surface area (Å²) in [7, 11) is 0. The van der Waals surface area contributed by atoms with Gasteiger partial charge in [0.2, 0.25) is 0 Å². The quantitative estimate of drug-likeness (QED) is 0.499. The molecule has 160 valence electrons. The molecule has 2 aromatic carbocycles. The molecule has 3 N–H and O–H groups in total. The van der Waals surface area contributed by atoms with E-state index in [0.29, 0.717) is 17.2 Å². The van der Waals surface area contributed by atoms with Crippen LogP contribution in [-0.4, -0.2) is 23.5 Å². The van der Waals surface area contributed by atoms with Crippen LogP contribution in [0.4, 0.5) is 0 Å². The van der Waals surface area contributed by atoms with Crippen LogP contribution in [-0.2, 0) is 10.2 Å². The zero-order valence-electron chi connectivity index (χ0n) is 18.0. The first kappa shape index (κ1) is 23.3. The van der Waals surface area contributed by atoms with Gasteiger partial charge in [-0.3, -0.25) is 25.8 Å². The second-order valence-electron chi connectivity index (χ2n) is 8.30. The van der Waals surface area contributed by atoms with Gasteiger partial charge in [0.15, 0.2) is 11.7 Å². The molecule has 2 rings (SSSR count). The topological polar surface area (TPSA) is 79.5 Å². The van der Waals surface area contributed by atoms with Crippen molar-refractivity contribution in [3.05, 3.63) is 65.2 Å². The zero-order valence-corrected chi connectivity index (χ0v) is 18.9. The highest BCUT2D eigenvalue weighted by atomic mass is 32.1. The first-order chi connectivity index (χ1) is 14.1. The van der Waals surface area contributed by atoms with E-state index in [2.05, 4.69) is 50.8 Å². The lowest BCUT2D eigenvalue weighted by molar-refractivity contribution is -0.123. The van der Waals surface area contributed by atoms with Gasteiger partial charge < -0.3 is 4.74 Å². The zero-order chi connectivity index (χ0) is 22.3. The molecule has 2 aromatic rings. The van der Waals surface area contributed by atoms with E-state index in [-0.39, 0.29) is 23.0 Å². The van der Waals surface area contributed by atoms with Gasteiger partial charge in [0.1, 0.15) is 5.75 Å². The number of carbonyl (C=O) groups excluding carboxylic acids is 2. The minimum Gasteiger partial charge on any atom is -0.484 e. The minimum absolute atomic E-state index is 0.00506. The molecule has 0 aromatic heterocycles. The standard InChI is InChI=1S/C23H29N3O3S/c1-15(2)16-8-12-19(13-9-16)29-14-20(27)25-26-22(30)24-21(28)17-6-10-18(11-7-17)23(3,4)5/h6-13,15H,14H2,1-5H3,(H,25,27)(H2,24,26,28,30). The Morgan fingerprint density at radius 1 is 0.967 bits per heavy atom.